The van der Waals surface area contributed by atoms with Crippen molar-refractivity contribution >= 4 is 23.2 Å². The maximum atomic E-state index is 13.0. The SMILES string of the molecule is OC(c1ccccc1)c1nc(Cl)c(Cl)cc1C(F)(F)F. The van der Waals surface area contributed by atoms with Crippen LogP contribution in [-0.2, 0) is 6.18 Å². The Morgan fingerprint density at radius 3 is 2.25 bits per heavy atom. The maximum Gasteiger partial charge on any atom is 0.418 e. The topological polar surface area (TPSA) is 33.1 Å². The van der Waals surface area contributed by atoms with Crippen LogP contribution in [0.3, 0.4) is 0 Å². The molecule has 0 radical (unpaired) electrons. The lowest BCUT2D eigenvalue weighted by atomic mass is 10.0. The van der Waals surface area contributed by atoms with Crippen LogP contribution in [0.25, 0.3) is 0 Å². The molecule has 7 heteroatoms. The fourth-order valence-electron chi connectivity index (χ4n) is 1.71. The van der Waals surface area contributed by atoms with Gasteiger partial charge in [0, 0.05) is 0 Å². The number of halogens is 5. The molecule has 1 atom stereocenters. The van der Waals surface area contributed by atoms with Crippen LogP contribution in [0.1, 0.15) is 22.9 Å². The van der Waals surface area contributed by atoms with Gasteiger partial charge in [-0.25, -0.2) is 4.98 Å². The van der Waals surface area contributed by atoms with Gasteiger partial charge in [-0.2, -0.15) is 13.2 Å². The molecular weight excluding hydrogens is 314 g/mol. The van der Waals surface area contributed by atoms with Crippen molar-refractivity contribution in [2.45, 2.75) is 12.3 Å². The Kier molecular flexibility index (Phi) is 4.22. The lowest BCUT2D eigenvalue weighted by Crippen LogP contribution is -2.15. The van der Waals surface area contributed by atoms with Crippen LogP contribution in [0.15, 0.2) is 36.4 Å². The second-order valence-electron chi connectivity index (χ2n) is 4.00. The molecule has 0 aliphatic carbocycles. The molecule has 106 valence electrons. The molecule has 0 amide bonds. The Hall–Kier alpha value is -1.30. The third-order valence-electron chi connectivity index (χ3n) is 2.64. The van der Waals surface area contributed by atoms with Gasteiger partial charge in [0.15, 0.2) is 0 Å². The first kappa shape index (κ1) is 15.1. The highest BCUT2D eigenvalue weighted by Crippen LogP contribution is 2.38. The number of rotatable bonds is 2. The van der Waals surface area contributed by atoms with Gasteiger partial charge in [0.2, 0.25) is 0 Å². The summed E-state index contributed by atoms with van der Waals surface area (Å²) in [5, 5.41) is 9.48. The number of aliphatic hydroxyl groups excluding tert-OH is 1. The van der Waals surface area contributed by atoms with Crippen LogP contribution < -0.4 is 0 Å². The highest BCUT2D eigenvalue weighted by molar-refractivity contribution is 6.41. The maximum absolute atomic E-state index is 13.0. The lowest BCUT2D eigenvalue weighted by Gasteiger charge is -2.17. The molecule has 0 aliphatic heterocycles. The third kappa shape index (κ3) is 3.06. The zero-order chi connectivity index (χ0) is 14.9. The molecule has 1 aromatic carbocycles. The standard InChI is InChI=1S/C13H8Cl2F3NO/c14-9-6-8(13(16,17)18)10(19-12(9)15)11(20)7-4-2-1-3-5-7/h1-6,11,20H. The highest BCUT2D eigenvalue weighted by atomic mass is 35.5. The summed E-state index contributed by atoms with van der Waals surface area (Å²) in [6.07, 6.45) is -6.23. The smallest absolute Gasteiger partial charge is 0.382 e. The summed E-state index contributed by atoms with van der Waals surface area (Å²) in [6, 6.07) is 8.54. The van der Waals surface area contributed by atoms with E-state index in [1.807, 2.05) is 0 Å². The molecule has 0 saturated carbocycles. The number of alkyl halides is 3. The van der Waals surface area contributed by atoms with Gasteiger partial charge in [0.05, 0.1) is 16.3 Å². The van der Waals surface area contributed by atoms with E-state index in [1.54, 1.807) is 18.2 Å². The van der Waals surface area contributed by atoms with Crippen LogP contribution in [-0.4, -0.2) is 10.1 Å². The predicted octanol–water partition coefficient (Wildman–Crippen LogP) is 4.49. The summed E-state index contributed by atoms with van der Waals surface area (Å²) in [7, 11) is 0. The molecule has 1 heterocycles. The quantitative estimate of drug-likeness (QED) is 0.827. The first-order valence-electron chi connectivity index (χ1n) is 5.47. The van der Waals surface area contributed by atoms with Crippen molar-refractivity contribution in [3.8, 4) is 0 Å². The minimum atomic E-state index is -4.69. The van der Waals surface area contributed by atoms with Gasteiger partial charge >= 0.3 is 6.18 Å². The van der Waals surface area contributed by atoms with E-state index < -0.39 is 23.5 Å². The van der Waals surface area contributed by atoms with Gasteiger partial charge < -0.3 is 5.11 Å². The van der Waals surface area contributed by atoms with Gasteiger partial charge in [0.1, 0.15) is 11.3 Å². The first-order valence-corrected chi connectivity index (χ1v) is 6.22. The fourth-order valence-corrected chi connectivity index (χ4v) is 2.01. The minimum Gasteiger partial charge on any atom is -0.382 e. The first-order chi connectivity index (χ1) is 9.30. The number of benzene rings is 1. The predicted molar refractivity (Wildman–Crippen MR) is 69.8 cm³/mol. The molecule has 0 fully saturated rings. The van der Waals surface area contributed by atoms with Gasteiger partial charge in [-0.05, 0) is 11.6 Å². The van der Waals surface area contributed by atoms with E-state index in [0.29, 0.717) is 6.07 Å². The third-order valence-corrected chi connectivity index (χ3v) is 3.32. The van der Waals surface area contributed by atoms with Crippen molar-refractivity contribution in [3.63, 3.8) is 0 Å². The van der Waals surface area contributed by atoms with E-state index in [0.717, 1.165) is 0 Å². The summed E-state index contributed by atoms with van der Waals surface area (Å²) >= 11 is 11.2. The molecule has 0 aliphatic rings. The molecule has 2 nitrogen and oxygen atoms in total. The van der Waals surface area contributed by atoms with Gasteiger partial charge in [-0.15, -0.1) is 0 Å². The lowest BCUT2D eigenvalue weighted by molar-refractivity contribution is -0.139. The molecule has 1 N–H and O–H groups in total. The normalized spacial score (nSPS) is 13.3. The minimum absolute atomic E-state index is 0.281. The van der Waals surface area contributed by atoms with Crippen molar-refractivity contribution in [1.29, 1.82) is 0 Å². The Bertz CT molecular complexity index is 617. The molecule has 0 spiro atoms. The number of hydrogen-bond acceptors (Lipinski definition) is 2. The van der Waals surface area contributed by atoms with E-state index in [4.69, 9.17) is 23.2 Å². The van der Waals surface area contributed by atoms with Gasteiger partial charge in [-0.1, -0.05) is 53.5 Å². The van der Waals surface area contributed by atoms with Gasteiger partial charge in [0.25, 0.3) is 0 Å². The van der Waals surface area contributed by atoms with Crippen molar-refractivity contribution < 1.29 is 18.3 Å². The summed E-state index contributed by atoms with van der Waals surface area (Å²) in [5.41, 5.74) is -1.40. The van der Waals surface area contributed by atoms with Crippen molar-refractivity contribution in [2.75, 3.05) is 0 Å². The van der Waals surface area contributed by atoms with Crippen LogP contribution in [0, 0.1) is 0 Å². The number of aliphatic hydroxyl groups is 1. The van der Waals surface area contributed by atoms with E-state index >= 15 is 0 Å². The van der Waals surface area contributed by atoms with Crippen LogP contribution >= 0.6 is 23.2 Å². The molecule has 0 bridgehead atoms. The summed E-state index contributed by atoms with van der Waals surface area (Å²) < 4.78 is 38.9. The molecule has 2 rings (SSSR count). The molecule has 2 aromatic rings. The average Bonchev–Trinajstić information content (AvgIpc) is 2.40. The Morgan fingerprint density at radius 2 is 1.70 bits per heavy atom. The van der Waals surface area contributed by atoms with Gasteiger partial charge in [-0.3, -0.25) is 0 Å². The van der Waals surface area contributed by atoms with Crippen LogP contribution in [0.5, 0.6) is 0 Å². The van der Waals surface area contributed by atoms with E-state index in [1.165, 1.54) is 12.1 Å². The van der Waals surface area contributed by atoms with Crippen LogP contribution in [0.4, 0.5) is 13.2 Å². The number of hydrogen-bond donors (Lipinski definition) is 1. The van der Waals surface area contributed by atoms with E-state index in [9.17, 15) is 18.3 Å². The molecule has 1 aromatic heterocycles. The Morgan fingerprint density at radius 1 is 1.10 bits per heavy atom. The summed E-state index contributed by atoms with van der Waals surface area (Å²) in [6.45, 7) is 0. The van der Waals surface area contributed by atoms with E-state index in [2.05, 4.69) is 4.98 Å². The second-order valence-corrected chi connectivity index (χ2v) is 4.77. The van der Waals surface area contributed by atoms with Crippen molar-refractivity contribution in [1.82, 2.24) is 4.98 Å². The largest absolute Gasteiger partial charge is 0.418 e. The highest BCUT2D eigenvalue weighted by Gasteiger charge is 2.37. The molecular formula is C13H8Cl2F3NO. The average molecular weight is 322 g/mol. The molecule has 20 heavy (non-hydrogen) atoms. The van der Waals surface area contributed by atoms with E-state index in [-0.39, 0.29) is 15.7 Å². The Balaban J connectivity index is 2.58. The number of aromatic nitrogens is 1. The monoisotopic (exact) mass is 321 g/mol. The number of nitrogens with zero attached hydrogens (tertiary/aromatic N) is 1. The summed E-state index contributed by atoms with van der Waals surface area (Å²) in [5.74, 6) is 0. The second kappa shape index (κ2) is 5.60. The summed E-state index contributed by atoms with van der Waals surface area (Å²) in [4.78, 5) is 3.58. The van der Waals surface area contributed by atoms with Crippen molar-refractivity contribution in [2.24, 2.45) is 0 Å². The van der Waals surface area contributed by atoms with Crippen LogP contribution in [0.2, 0.25) is 10.2 Å². The van der Waals surface area contributed by atoms with Crippen molar-refractivity contribution in [3.05, 3.63) is 63.4 Å². The molecule has 0 saturated heterocycles. The molecule has 1 unspecified atom stereocenters. The Labute approximate surface area is 122 Å². The zero-order valence-electron chi connectivity index (χ0n) is 9.83. The zero-order valence-corrected chi connectivity index (χ0v) is 11.3. The fraction of sp³-hybridized carbons (Fsp3) is 0.154. The number of pyridine rings is 1.